The number of piperidine rings is 1. The van der Waals surface area contributed by atoms with Crippen LogP contribution < -0.4 is 11.1 Å². The Morgan fingerprint density at radius 3 is 3.12 bits per heavy atom. The number of nitrogens with two attached hydrogens (primary N) is 1. The standard InChI is InChI=1S/C11H14IN5/c12-8-5-17(7-2-1-3-14-4-7)11-9(8)10(13)15-6-16-11/h5-7,14H,1-4H2,(H2,13,15,16). The van der Waals surface area contributed by atoms with Gasteiger partial charge in [-0.2, -0.15) is 0 Å². The Morgan fingerprint density at radius 2 is 2.35 bits per heavy atom. The molecule has 1 saturated heterocycles. The molecule has 0 saturated carbocycles. The summed E-state index contributed by atoms with van der Waals surface area (Å²) in [6.45, 7) is 2.12. The fourth-order valence-electron chi connectivity index (χ4n) is 2.41. The van der Waals surface area contributed by atoms with Gasteiger partial charge in [0, 0.05) is 22.4 Å². The van der Waals surface area contributed by atoms with Gasteiger partial charge in [-0.25, -0.2) is 9.97 Å². The molecule has 0 spiro atoms. The van der Waals surface area contributed by atoms with Crippen LogP contribution in [0, 0.1) is 3.57 Å². The largest absolute Gasteiger partial charge is 0.383 e. The monoisotopic (exact) mass is 343 g/mol. The minimum absolute atomic E-state index is 0.476. The van der Waals surface area contributed by atoms with E-state index in [2.05, 4.69) is 48.6 Å². The summed E-state index contributed by atoms with van der Waals surface area (Å²) in [5.41, 5.74) is 6.87. The predicted molar refractivity (Wildman–Crippen MR) is 75.8 cm³/mol. The lowest BCUT2D eigenvalue weighted by Gasteiger charge is -2.24. The Balaban J connectivity index is 2.13. The van der Waals surface area contributed by atoms with E-state index >= 15 is 0 Å². The molecule has 0 radical (unpaired) electrons. The number of rotatable bonds is 1. The molecule has 1 fully saturated rings. The van der Waals surface area contributed by atoms with E-state index in [1.807, 2.05) is 0 Å². The van der Waals surface area contributed by atoms with Crippen LogP contribution in [0.1, 0.15) is 18.9 Å². The molecule has 3 heterocycles. The lowest BCUT2D eigenvalue weighted by Crippen LogP contribution is -2.31. The highest BCUT2D eigenvalue weighted by Gasteiger charge is 2.19. The first kappa shape index (κ1) is 11.2. The van der Waals surface area contributed by atoms with E-state index in [0.29, 0.717) is 11.9 Å². The SMILES string of the molecule is Nc1ncnc2c1c(I)cn2C1CCCNC1. The van der Waals surface area contributed by atoms with Gasteiger partial charge in [-0.3, -0.25) is 0 Å². The zero-order chi connectivity index (χ0) is 11.8. The van der Waals surface area contributed by atoms with Crippen molar-refractivity contribution in [2.24, 2.45) is 0 Å². The molecule has 2 aromatic heterocycles. The van der Waals surface area contributed by atoms with Crippen LogP contribution in [0.15, 0.2) is 12.5 Å². The first-order chi connectivity index (χ1) is 8.27. The fraction of sp³-hybridized carbons (Fsp3) is 0.455. The van der Waals surface area contributed by atoms with Crippen molar-refractivity contribution in [3.8, 4) is 0 Å². The van der Waals surface area contributed by atoms with Crippen LogP contribution in [0.3, 0.4) is 0 Å². The van der Waals surface area contributed by atoms with E-state index in [-0.39, 0.29) is 0 Å². The number of aromatic nitrogens is 3. The number of anilines is 1. The van der Waals surface area contributed by atoms with Crippen molar-refractivity contribution in [3.63, 3.8) is 0 Å². The van der Waals surface area contributed by atoms with E-state index in [9.17, 15) is 0 Å². The highest BCUT2D eigenvalue weighted by atomic mass is 127. The molecule has 6 heteroatoms. The molecule has 1 atom stereocenters. The summed E-state index contributed by atoms with van der Waals surface area (Å²) in [5, 5.41) is 4.41. The Morgan fingerprint density at radius 1 is 1.47 bits per heavy atom. The molecule has 2 aromatic rings. The number of nitrogens with one attached hydrogen (secondary N) is 1. The van der Waals surface area contributed by atoms with Crippen molar-refractivity contribution < 1.29 is 0 Å². The van der Waals surface area contributed by atoms with E-state index in [0.717, 1.165) is 27.7 Å². The van der Waals surface area contributed by atoms with Crippen LogP contribution in [-0.2, 0) is 0 Å². The van der Waals surface area contributed by atoms with E-state index < -0.39 is 0 Å². The molecule has 0 bridgehead atoms. The minimum atomic E-state index is 0.476. The second kappa shape index (κ2) is 4.41. The maximum absolute atomic E-state index is 5.92. The Bertz CT molecular complexity index is 544. The van der Waals surface area contributed by atoms with Gasteiger partial charge in [0.15, 0.2) is 0 Å². The van der Waals surface area contributed by atoms with Crippen LogP contribution >= 0.6 is 22.6 Å². The van der Waals surface area contributed by atoms with Crippen LogP contribution in [-0.4, -0.2) is 27.6 Å². The van der Waals surface area contributed by atoms with Gasteiger partial charge in [-0.05, 0) is 42.0 Å². The summed E-state index contributed by atoms with van der Waals surface area (Å²) in [6, 6.07) is 0.476. The predicted octanol–water partition coefficient (Wildman–Crippen LogP) is 1.54. The van der Waals surface area contributed by atoms with Crippen molar-refractivity contribution in [1.29, 1.82) is 0 Å². The average molecular weight is 343 g/mol. The first-order valence-electron chi connectivity index (χ1n) is 5.74. The summed E-state index contributed by atoms with van der Waals surface area (Å²) < 4.78 is 3.36. The summed E-state index contributed by atoms with van der Waals surface area (Å²) >= 11 is 2.30. The topological polar surface area (TPSA) is 68.8 Å². The van der Waals surface area contributed by atoms with Crippen molar-refractivity contribution in [1.82, 2.24) is 19.9 Å². The third-order valence-electron chi connectivity index (χ3n) is 3.26. The average Bonchev–Trinajstić information content (AvgIpc) is 2.69. The Kier molecular flexibility index (Phi) is 2.91. The van der Waals surface area contributed by atoms with Crippen molar-refractivity contribution in [3.05, 3.63) is 16.1 Å². The molecule has 17 heavy (non-hydrogen) atoms. The zero-order valence-electron chi connectivity index (χ0n) is 9.36. The highest BCUT2D eigenvalue weighted by molar-refractivity contribution is 14.1. The maximum Gasteiger partial charge on any atom is 0.146 e. The molecule has 1 unspecified atom stereocenters. The Labute approximate surface area is 113 Å². The van der Waals surface area contributed by atoms with Crippen molar-refractivity contribution >= 4 is 39.4 Å². The first-order valence-corrected chi connectivity index (χ1v) is 6.82. The Hall–Kier alpha value is -0.890. The summed E-state index contributed by atoms with van der Waals surface area (Å²) in [6.07, 6.45) is 6.08. The highest BCUT2D eigenvalue weighted by Crippen LogP contribution is 2.29. The van der Waals surface area contributed by atoms with Gasteiger partial charge in [0.1, 0.15) is 17.8 Å². The third kappa shape index (κ3) is 1.89. The molecule has 90 valence electrons. The number of halogens is 1. The molecule has 0 aromatic carbocycles. The van der Waals surface area contributed by atoms with Crippen LogP contribution in [0.4, 0.5) is 5.82 Å². The summed E-state index contributed by atoms with van der Waals surface area (Å²) in [7, 11) is 0. The van der Waals surface area contributed by atoms with Gasteiger partial charge < -0.3 is 15.6 Å². The van der Waals surface area contributed by atoms with Gasteiger partial charge in [-0.1, -0.05) is 0 Å². The van der Waals surface area contributed by atoms with E-state index in [4.69, 9.17) is 5.73 Å². The van der Waals surface area contributed by atoms with Gasteiger partial charge in [-0.15, -0.1) is 0 Å². The number of nitrogen functional groups attached to an aromatic ring is 1. The summed E-state index contributed by atoms with van der Waals surface area (Å²) in [5.74, 6) is 0.571. The second-order valence-corrected chi connectivity index (χ2v) is 5.50. The zero-order valence-corrected chi connectivity index (χ0v) is 11.5. The van der Waals surface area contributed by atoms with Gasteiger partial charge >= 0.3 is 0 Å². The number of hydrogen-bond donors (Lipinski definition) is 2. The maximum atomic E-state index is 5.92. The normalized spacial score (nSPS) is 20.9. The molecule has 0 amide bonds. The van der Waals surface area contributed by atoms with Crippen LogP contribution in [0.25, 0.3) is 11.0 Å². The van der Waals surface area contributed by atoms with Crippen molar-refractivity contribution in [2.75, 3.05) is 18.8 Å². The number of nitrogens with zero attached hydrogens (tertiary/aromatic N) is 3. The molecule has 1 aliphatic heterocycles. The number of hydrogen-bond acceptors (Lipinski definition) is 4. The van der Waals surface area contributed by atoms with Gasteiger partial charge in [0.25, 0.3) is 0 Å². The van der Waals surface area contributed by atoms with Crippen LogP contribution in [0.5, 0.6) is 0 Å². The molecule has 3 N–H and O–H groups in total. The van der Waals surface area contributed by atoms with Gasteiger partial charge in [0.2, 0.25) is 0 Å². The summed E-state index contributed by atoms with van der Waals surface area (Å²) in [4.78, 5) is 8.44. The smallest absolute Gasteiger partial charge is 0.146 e. The fourth-order valence-corrected chi connectivity index (χ4v) is 3.23. The third-order valence-corrected chi connectivity index (χ3v) is 4.07. The van der Waals surface area contributed by atoms with Gasteiger partial charge in [0.05, 0.1) is 5.39 Å². The second-order valence-electron chi connectivity index (χ2n) is 4.34. The molecular weight excluding hydrogens is 329 g/mol. The van der Waals surface area contributed by atoms with E-state index in [1.54, 1.807) is 6.33 Å². The number of fused-ring (bicyclic) bond motifs is 1. The van der Waals surface area contributed by atoms with Crippen LogP contribution in [0.2, 0.25) is 0 Å². The molecule has 5 nitrogen and oxygen atoms in total. The lowest BCUT2D eigenvalue weighted by atomic mass is 10.1. The molecule has 0 aliphatic carbocycles. The molecule has 1 aliphatic rings. The van der Waals surface area contributed by atoms with Crippen molar-refractivity contribution in [2.45, 2.75) is 18.9 Å². The quantitative estimate of drug-likeness (QED) is 0.771. The lowest BCUT2D eigenvalue weighted by molar-refractivity contribution is 0.378. The van der Waals surface area contributed by atoms with E-state index in [1.165, 1.54) is 12.8 Å². The molecular formula is C11H14IN5. The minimum Gasteiger partial charge on any atom is -0.383 e. The molecule has 3 rings (SSSR count).